The van der Waals surface area contributed by atoms with Crippen molar-refractivity contribution in [2.24, 2.45) is 0 Å². The number of hydrogen-bond acceptors (Lipinski definition) is 6. The van der Waals surface area contributed by atoms with Crippen molar-refractivity contribution in [1.29, 1.82) is 0 Å². The maximum Gasteiger partial charge on any atom is 0.237 e. The first-order chi connectivity index (χ1) is 14.0. The molecule has 3 atom stereocenters. The zero-order valence-electron chi connectivity index (χ0n) is 17.1. The van der Waals surface area contributed by atoms with Gasteiger partial charge in [-0.2, -0.15) is 0 Å². The predicted octanol–water partition coefficient (Wildman–Crippen LogP) is 3.82. The van der Waals surface area contributed by atoms with Crippen molar-refractivity contribution in [3.05, 3.63) is 52.5 Å². The summed E-state index contributed by atoms with van der Waals surface area (Å²) in [5, 5.41) is 19.3. The van der Waals surface area contributed by atoms with Crippen molar-refractivity contribution < 1.29 is 14.3 Å². The normalized spacial score (nSPS) is 14.8. The Balaban J connectivity index is 1.75. The van der Waals surface area contributed by atoms with Crippen molar-refractivity contribution in [2.75, 3.05) is 0 Å². The second kappa shape index (κ2) is 10.0. The smallest absolute Gasteiger partial charge is 0.237 e. The van der Waals surface area contributed by atoms with Crippen LogP contribution in [-0.2, 0) is 11.2 Å². The second-order valence-electron chi connectivity index (χ2n) is 7.53. The van der Waals surface area contributed by atoms with Gasteiger partial charge in [-0.1, -0.05) is 45.4 Å². The largest absolute Gasteiger partial charge is 0.438 e. The summed E-state index contributed by atoms with van der Waals surface area (Å²) in [5.74, 6) is 0.109. The van der Waals surface area contributed by atoms with Crippen LogP contribution in [0.2, 0.25) is 0 Å². The van der Waals surface area contributed by atoms with Crippen molar-refractivity contribution in [3.8, 4) is 0 Å². The molecule has 3 aromatic rings. The molecule has 0 spiro atoms. The molecule has 0 saturated heterocycles. The SMILES string of the molecule is CCC[C@H](NC(=O)[C@H](Cc1cccs1)NC(C)C)C(O)c1nc2ccccc2o1. The van der Waals surface area contributed by atoms with Crippen LogP contribution in [-0.4, -0.2) is 34.1 Å². The topological polar surface area (TPSA) is 87.4 Å². The number of hydrogen-bond donors (Lipinski definition) is 3. The zero-order valence-corrected chi connectivity index (χ0v) is 17.9. The summed E-state index contributed by atoms with van der Waals surface area (Å²) in [7, 11) is 0. The molecular weight excluding hydrogens is 386 g/mol. The van der Waals surface area contributed by atoms with Gasteiger partial charge in [0.15, 0.2) is 11.7 Å². The summed E-state index contributed by atoms with van der Waals surface area (Å²) in [5.41, 5.74) is 1.32. The Morgan fingerprint density at radius 3 is 2.69 bits per heavy atom. The van der Waals surface area contributed by atoms with Gasteiger partial charge in [0.25, 0.3) is 0 Å². The molecule has 0 aliphatic heterocycles. The Morgan fingerprint density at radius 2 is 2.03 bits per heavy atom. The Bertz CT molecular complexity index is 874. The number of aliphatic hydroxyl groups is 1. The molecule has 3 rings (SSSR count). The summed E-state index contributed by atoms with van der Waals surface area (Å²) in [6, 6.07) is 10.7. The van der Waals surface area contributed by atoms with E-state index in [-0.39, 0.29) is 23.9 Å². The van der Waals surface area contributed by atoms with Crippen molar-refractivity contribution in [2.45, 2.75) is 64.3 Å². The maximum absolute atomic E-state index is 13.1. The van der Waals surface area contributed by atoms with Crippen LogP contribution in [0.1, 0.15) is 50.5 Å². The number of benzene rings is 1. The summed E-state index contributed by atoms with van der Waals surface area (Å²) >= 11 is 1.64. The van der Waals surface area contributed by atoms with E-state index in [0.29, 0.717) is 23.9 Å². The molecule has 0 aliphatic carbocycles. The molecule has 0 fully saturated rings. The molecule has 0 saturated carbocycles. The minimum atomic E-state index is -1.01. The number of oxazole rings is 1. The molecule has 156 valence electrons. The molecule has 29 heavy (non-hydrogen) atoms. The van der Waals surface area contributed by atoms with Gasteiger partial charge in [-0.3, -0.25) is 4.79 Å². The highest BCUT2D eigenvalue weighted by Gasteiger charge is 2.29. The van der Waals surface area contributed by atoms with Gasteiger partial charge >= 0.3 is 0 Å². The average Bonchev–Trinajstić information content (AvgIpc) is 3.35. The standard InChI is InChI=1S/C22H29N3O3S/c1-4-8-17(20(26)22-25-16-10-5-6-11-19(16)28-22)24-21(27)18(23-14(2)3)13-15-9-7-12-29-15/h5-7,9-12,14,17-18,20,23,26H,4,8,13H2,1-3H3,(H,24,27)/t17-,18-,20?/m0/s1. The average molecular weight is 416 g/mol. The lowest BCUT2D eigenvalue weighted by Gasteiger charge is -2.26. The number of carbonyl (C=O) groups excluding carboxylic acids is 1. The lowest BCUT2D eigenvalue weighted by molar-refractivity contribution is -0.125. The number of aromatic nitrogens is 1. The predicted molar refractivity (Wildman–Crippen MR) is 116 cm³/mol. The summed E-state index contributed by atoms with van der Waals surface area (Å²) < 4.78 is 5.72. The Kier molecular flexibility index (Phi) is 7.41. The zero-order chi connectivity index (χ0) is 20.8. The van der Waals surface area contributed by atoms with Crippen molar-refractivity contribution in [3.63, 3.8) is 0 Å². The number of thiophene rings is 1. The van der Waals surface area contributed by atoms with Gasteiger partial charge in [0, 0.05) is 17.3 Å². The molecule has 1 amide bonds. The van der Waals surface area contributed by atoms with Crippen molar-refractivity contribution in [1.82, 2.24) is 15.6 Å². The van der Waals surface area contributed by atoms with Gasteiger partial charge in [-0.15, -0.1) is 11.3 Å². The molecule has 3 N–H and O–H groups in total. The number of nitrogens with zero attached hydrogens (tertiary/aromatic N) is 1. The molecule has 7 heteroatoms. The van der Waals surface area contributed by atoms with Crippen LogP contribution >= 0.6 is 11.3 Å². The first-order valence-electron chi connectivity index (χ1n) is 10.1. The first-order valence-corrected chi connectivity index (χ1v) is 11.0. The van der Waals surface area contributed by atoms with Crippen LogP contribution in [0.3, 0.4) is 0 Å². The molecule has 2 aromatic heterocycles. The quantitative estimate of drug-likeness (QED) is 0.469. The highest BCUT2D eigenvalue weighted by atomic mass is 32.1. The molecule has 1 unspecified atom stereocenters. The fraction of sp³-hybridized carbons (Fsp3) is 0.455. The fourth-order valence-corrected chi connectivity index (χ4v) is 4.10. The Hall–Kier alpha value is -2.22. The van der Waals surface area contributed by atoms with Crippen LogP contribution in [0.15, 0.2) is 46.2 Å². The lowest BCUT2D eigenvalue weighted by atomic mass is 10.0. The molecule has 1 aromatic carbocycles. The third-order valence-electron chi connectivity index (χ3n) is 4.71. The summed E-state index contributed by atoms with van der Waals surface area (Å²) in [4.78, 5) is 18.6. The molecular formula is C22H29N3O3S. The van der Waals surface area contributed by atoms with Crippen molar-refractivity contribution >= 4 is 28.3 Å². The third kappa shape index (κ3) is 5.65. The Labute approximate surface area is 175 Å². The van der Waals surface area contributed by atoms with E-state index in [9.17, 15) is 9.90 Å². The van der Waals surface area contributed by atoms with E-state index in [1.165, 1.54) is 0 Å². The highest BCUT2D eigenvalue weighted by molar-refractivity contribution is 7.09. The first kappa shape index (κ1) is 21.5. The van der Waals surface area contributed by atoms with E-state index in [4.69, 9.17) is 4.42 Å². The van der Waals surface area contributed by atoms with Crippen LogP contribution in [0.5, 0.6) is 0 Å². The highest BCUT2D eigenvalue weighted by Crippen LogP contribution is 2.24. The van der Waals surface area contributed by atoms with Crippen LogP contribution in [0, 0.1) is 0 Å². The monoisotopic (exact) mass is 415 g/mol. The van der Waals surface area contributed by atoms with E-state index in [2.05, 4.69) is 15.6 Å². The van der Waals surface area contributed by atoms with Gasteiger partial charge in [-0.05, 0) is 30.0 Å². The lowest BCUT2D eigenvalue weighted by Crippen LogP contribution is -2.52. The second-order valence-corrected chi connectivity index (χ2v) is 8.56. The molecule has 2 heterocycles. The summed E-state index contributed by atoms with van der Waals surface area (Å²) in [6.45, 7) is 6.06. The number of amides is 1. The number of carbonyl (C=O) groups is 1. The third-order valence-corrected chi connectivity index (χ3v) is 5.61. The fourth-order valence-electron chi connectivity index (χ4n) is 3.35. The van der Waals surface area contributed by atoms with Crippen LogP contribution in [0.25, 0.3) is 11.1 Å². The van der Waals surface area contributed by atoms with Crippen LogP contribution < -0.4 is 10.6 Å². The number of rotatable bonds is 10. The molecule has 0 bridgehead atoms. The Morgan fingerprint density at radius 1 is 1.24 bits per heavy atom. The van der Waals surface area contributed by atoms with Gasteiger partial charge in [0.2, 0.25) is 11.8 Å². The van der Waals surface area contributed by atoms with Crippen LogP contribution in [0.4, 0.5) is 0 Å². The van der Waals surface area contributed by atoms with E-state index < -0.39 is 12.1 Å². The number of para-hydroxylation sites is 2. The number of fused-ring (bicyclic) bond motifs is 1. The number of nitrogens with one attached hydrogen (secondary N) is 2. The van der Waals surface area contributed by atoms with E-state index >= 15 is 0 Å². The molecule has 0 radical (unpaired) electrons. The maximum atomic E-state index is 13.1. The van der Waals surface area contributed by atoms with Gasteiger partial charge in [0.1, 0.15) is 5.52 Å². The summed E-state index contributed by atoms with van der Waals surface area (Å²) in [6.07, 6.45) is 1.04. The van der Waals surface area contributed by atoms with E-state index in [1.54, 1.807) is 11.3 Å². The van der Waals surface area contributed by atoms with Gasteiger partial charge < -0.3 is 20.2 Å². The van der Waals surface area contributed by atoms with E-state index in [0.717, 1.165) is 11.3 Å². The molecule has 6 nitrogen and oxygen atoms in total. The molecule has 0 aliphatic rings. The number of aliphatic hydroxyl groups excluding tert-OH is 1. The minimum Gasteiger partial charge on any atom is -0.438 e. The van der Waals surface area contributed by atoms with Gasteiger partial charge in [0.05, 0.1) is 12.1 Å². The van der Waals surface area contributed by atoms with E-state index in [1.807, 2.05) is 62.5 Å². The minimum absolute atomic E-state index is 0.124. The van der Waals surface area contributed by atoms with Gasteiger partial charge in [-0.25, -0.2) is 4.98 Å².